The van der Waals surface area contributed by atoms with Crippen LogP contribution in [0.2, 0.25) is 0 Å². The van der Waals surface area contributed by atoms with Gasteiger partial charge in [0.2, 0.25) is 0 Å². The number of carbonyl (C=O) groups is 1. The van der Waals surface area contributed by atoms with Crippen molar-refractivity contribution in [1.29, 1.82) is 0 Å². The van der Waals surface area contributed by atoms with E-state index < -0.39 is 5.97 Å². The Kier molecular flexibility index (Phi) is 6.84. The van der Waals surface area contributed by atoms with Crippen molar-refractivity contribution in [2.75, 3.05) is 12.4 Å². The first kappa shape index (κ1) is 16.4. The van der Waals surface area contributed by atoms with Gasteiger partial charge in [-0.3, -0.25) is 0 Å². The highest BCUT2D eigenvalue weighted by Crippen LogP contribution is 2.16. The van der Waals surface area contributed by atoms with Crippen molar-refractivity contribution in [3.05, 3.63) is 65.7 Å². The Labute approximate surface area is 135 Å². The standard InChI is InChI=1S/C18H20O3S/c19-18(20)16-8-6-7-15(13-16)14-22-12-5-4-11-21-17-9-2-1-3-10-17/h1-3,6-10,13H,4-5,11-12,14H2,(H,19,20). The fourth-order valence-electron chi connectivity index (χ4n) is 2.00. The summed E-state index contributed by atoms with van der Waals surface area (Å²) in [4.78, 5) is 10.9. The van der Waals surface area contributed by atoms with Gasteiger partial charge in [0.25, 0.3) is 0 Å². The number of ether oxygens (including phenoxy) is 1. The molecule has 0 atom stereocenters. The minimum absolute atomic E-state index is 0.356. The number of rotatable bonds is 9. The lowest BCUT2D eigenvalue weighted by Crippen LogP contribution is -1.98. The predicted molar refractivity (Wildman–Crippen MR) is 90.7 cm³/mol. The number of hydrogen-bond donors (Lipinski definition) is 1. The zero-order chi connectivity index (χ0) is 15.6. The molecule has 0 radical (unpaired) electrons. The van der Waals surface area contributed by atoms with E-state index >= 15 is 0 Å². The van der Waals surface area contributed by atoms with Crippen molar-refractivity contribution < 1.29 is 14.6 Å². The molecule has 0 aromatic heterocycles. The Bertz CT molecular complexity index is 584. The van der Waals surface area contributed by atoms with Crippen molar-refractivity contribution in [1.82, 2.24) is 0 Å². The summed E-state index contributed by atoms with van der Waals surface area (Å²) in [6.45, 7) is 0.735. The molecule has 0 heterocycles. The number of aromatic carboxylic acids is 1. The molecule has 22 heavy (non-hydrogen) atoms. The van der Waals surface area contributed by atoms with Crippen molar-refractivity contribution in [2.24, 2.45) is 0 Å². The molecule has 2 aromatic carbocycles. The van der Waals surface area contributed by atoms with E-state index in [1.807, 2.05) is 48.2 Å². The van der Waals surface area contributed by atoms with Gasteiger partial charge in [-0.2, -0.15) is 11.8 Å². The van der Waals surface area contributed by atoms with Crippen LogP contribution in [0, 0.1) is 0 Å². The van der Waals surface area contributed by atoms with Gasteiger partial charge in [0.15, 0.2) is 0 Å². The molecule has 2 rings (SSSR count). The smallest absolute Gasteiger partial charge is 0.335 e. The van der Waals surface area contributed by atoms with Crippen LogP contribution in [0.1, 0.15) is 28.8 Å². The molecule has 0 aliphatic carbocycles. The SMILES string of the molecule is O=C(O)c1cccc(CSCCCCOc2ccccc2)c1. The maximum Gasteiger partial charge on any atom is 0.335 e. The van der Waals surface area contributed by atoms with E-state index in [0.717, 1.165) is 42.3 Å². The molecule has 0 aliphatic rings. The minimum atomic E-state index is -0.870. The van der Waals surface area contributed by atoms with Crippen LogP contribution in [0.4, 0.5) is 0 Å². The largest absolute Gasteiger partial charge is 0.494 e. The minimum Gasteiger partial charge on any atom is -0.494 e. The van der Waals surface area contributed by atoms with Crippen LogP contribution >= 0.6 is 11.8 Å². The fourth-order valence-corrected chi connectivity index (χ4v) is 2.96. The van der Waals surface area contributed by atoms with E-state index in [1.54, 1.807) is 18.2 Å². The van der Waals surface area contributed by atoms with Crippen LogP contribution in [0.15, 0.2) is 54.6 Å². The number of unbranched alkanes of at least 4 members (excludes halogenated alkanes) is 1. The topological polar surface area (TPSA) is 46.5 Å². The number of hydrogen-bond acceptors (Lipinski definition) is 3. The Morgan fingerprint density at radius 2 is 1.86 bits per heavy atom. The van der Waals surface area contributed by atoms with Crippen molar-refractivity contribution in [2.45, 2.75) is 18.6 Å². The van der Waals surface area contributed by atoms with Gasteiger partial charge >= 0.3 is 5.97 Å². The second-order valence-electron chi connectivity index (χ2n) is 4.93. The molecule has 0 saturated heterocycles. The summed E-state index contributed by atoms with van der Waals surface area (Å²) < 4.78 is 5.64. The molecule has 3 nitrogen and oxygen atoms in total. The summed E-state index contributed by atoms with van der Waals surface area (Å²) >= 11 is 1.82. The number of para-hydroxylation sites is 1. The molecule has 0 amide bonds. The van der Waals surface area contributed by atoms with Gasteiger partial charge in [-0.25, -0.2) is 4.79 Å². The van der Waals surface area contributed by atoms with Crippen molar-refractivity contribution in [3.63, 3.8) is 0 Å². The monoisotopic (exact) mass is 316 g/mol. The van der Waals surface area contributed by atoms with Crippen LogP contribution < -0.4 is 4.74 Å². The summed E-state index contributed by atoms with van der Waals surface area (Å²) in [5, 5.41) is 8.95. The number of carboxylic acids is 1. The first-order valence-corrected chi connectivity index (χ1v) is 8.49. The van der Waals surface area contributed by atoms with Crippen LogP contribution in [-0.2, 0) is 5.75 Å². The van der Waals surface area contributed by atoms with Gasteiger partial charge < -0.3 is 9.84 Å². The zero-order valence-electron chi connectivity index (χ0n) is 12.4. The highest BCUT2D eigenvalue weighted by atomic mass is 32.2. The molecule has 0 spiro atoms. The summed E-state index contributed by atoms with van der Waals surface area (Å²) in [7, 11) is 0. The summed E-state index contributed by atoms with van der Waals surface area (Å²) in [5.41, 5.74) is 1.42. The molecule has 0 unspecified atom stereocenters. The van der Waals surface area contributed by atoms with Crippen LogP contribution in [0.3, 0.4) is 0 Å². The Morgan fingerprint density at radius 3 is 2.64 bits per heavy atom. The van der Waals surface area contributed by atoms with Crippen LogP contribution in [0.25, 0.3) is 0 Å². The summed E-state index contributed by atoms with van der Waals surface area (Å²) in [6.07, 6.45) is 2.12. The van der Waals surface area contributed by atoms with Gasteiger partial charge in [-0.05, 0) is 48.4 Å². The lowest BCUT2D eigenvalue weighted by Gasteiger charge is -2.06. The van der Waals surface area contributed by atoms with E-state index in [0.29, 0.717) is 5.56 Å². The second-order valence-corrected chi connectivity index (χ2v) is 6.03. The third-order valence-corrected chi connectivity index (χ3v) is 4.25. The lowest BCUT2D eigenvalue weighted by molar-refractivity contribution is 0.0697. The normalized spacial score (nSPS) is 10.4. The Morgan fingerprint density at radius 1 is 1.05 bits per heavy atom. The number of benzene rings is 2. The molecule has 4 heteroatoms. The molecule has 1 N–H and O–H groups in total. The van der Waals surface area contributed by atoms with E-state index in [4.69, 9.17) is 9.84 Å². The number of carboxylic acid groups (broad SMARTS) is 1. The van der Waals surface area contributed by atoms with E-state index in [9.17, 15) is 4.79 Å². The van der Waals surface area contributed by atoms with Gasteiger partial charge in [-0.1, -0.05) is 30.3 Å². The molecule has 0 saturated carbocycles. The summed E-state index contributed by atoms with van der Waals surface area (Å²) in [5.74, 6) is 1.95. The zero-order valence-corrected chi connectivity index (χ0v) is 13.2. The van der Waals surface area contributed by atoms with Gasteiger partial charge in [0.1, 0.15) is 5.75 Å². The van der Waals surface area contributed by atoms with Crippen LogP contribution in [-0.4, -0.2) is 23.4 Å². The van der Waals surface area contributed by atoms with E-state index in [2.05, 4.69) is 0 Å². The third-order valence-electron chi connectivity index (χ3n) is 3.14. The van der Waals surface area contributed by atoms with Gasteiger partial charge in [-0.15, -0.1) is 0 Å². The average Bonchev–Trinajstić information content (AvgIpc) is 2.55. The molecular formula is C18H20O3S. The quantitative estimate of drug-likeness (QED) is 0.693. The number of thioether (sulfide) groups is 1. The average molecular weight is 316 g/mol. The first-order valence-electron chi connectivity index (χ1n) is 7.33. The Balaban J connectivity index is 1.58. The summed E-state index contributed by atoms with van der Waals surface area (Å²) in [6, 6.07) is 17.0. The van der Waals surface area contributed by atoms with E-state index in [1.165, 1.54) is 0 Å². The third kappa shape index (κ3) is 5.82. The molecule has 2 aromatic rings. The molecular weight excluding hydrogens is 296 g/mol. The highest BCUT2D eigenvalue weighted by molar-refractivity contribution is 7.98. The fraction of sp³-hybridized carbons (Fsp3) is 0.278. The molecule has 0 aliphatic heterocycles. The molecule has 116 valence electrons. The van der Waals surface area contributed by atoms with Crippen LogP contribution in [0.5, 0.6) is 5.75 Å². The molecule has 0 bridgehead atoms. The second kappa shape index (κ2) is 9.15. The Hall–Kier alpha value is -1.94. The van der Waals surface area contributed by atoms with Crippen molar-refractivity contribution >= 4 is 17.7 Å². The van der Waals surface area contributed by atoms with Crippen molar-refractivity contribution in [3.8, 4) is 5.75 Å². The molecule has 0 fully saturated rings. The maximum absolute atomic E-state index is 10.9. The maximum atomic E-state index is 10.9. The predicted octanol–water partition coefficient (Wildman–Crippen LogP) is 4.48. The lowest BCUT2D eigenvalue weighted by atomic mass is 10.1. The highest BCUT2D eigenvalue weighted by Gasteiger charge is 2.03. The van der Waals surface area contributed by atoms with Gasteiger partial charge in [0, 0.05) is 5.75 Å². The first-order chi connectivity index (χ1) is 10.8. The van der Waals surface area contributed by atoms with E-state index in [-0.39, 0.29) is 0 Å². The van der Waals surface area contributed by atoms with Gasteiger partial charge in [0.05, 0.1) is 12.2 Å².